The Hall–Kier alpha value is -1.56. The van der Waals surface area contributed by atoms with E-state index >= 15 is 0 Å². The van der Waals surface area contributed by atoms with Gasteiger partial charge >= 0.3 is 0 Å². The third kappa shape index (κ3) is 4.29. The molecule has 0 aliphatic rings. The van der Waals surface area contributed by atoms with E-state index in [2.05, 4.69) is 5.16 Å². The van der Waals surface area contributed by atoms with E-state index in [1.165, 1.54) is 0 Å². The zero-order valence-corrected chi connectivity index (χ0v) is 15.9. The Kier molecular flexibility index (Phi) is 6.84. The summed E-state index contributed by atoms with van der Waals surface area (Å²) in [5.41, 5.74) is 7.18. The normalized spacial score (nSPS) is 11.1. The molecule has 24 heavy (non-hydrogen) atoms. The van der Waals surface area contributed by atoms with Crippen molar-refractivity contribution in [1.82, 2.24) is 10.1 Å². The van der Waals surface area contributed by atoms with Gasteiger partial charge in [0.15, 0.2) is 0 Å². The van der Waals surface area contributed by atoms with Crippen molar-refractivity contribution >= 4 is 29.9 Å². The van der Waals surface area contributed by atoms with Gasteiger partial charge in [-0.05, 0) is 24.9 Å². The number of aromatic nitrogens is 1. The highest BCUT2D eigenvalue weighted by molar-refractivity contribution is 6.33. The molecule has 2 aromatic rings. The monoisotopic (exact) mass is 371 g/mol. The molecule has 0 spiro atoms. The number of hydrogen-bond acceptors (Lipinski definition) is 4. The SMILES string of the molecule is Cc1onc(-c2ccccc2Cl)c1C(=O)N(C)CC(C)(C)CN.Cl. The van der Waals surface area contributed by atoms with Crippen molar-refractivity contribution in [3.05, 3.63) is 40.6 Å². The van der Waals surface area contributed by atoms with Gasteiger partial charge in [0, 0.05) is 19.2 Å². The number of carbonyl (C=O) groups excluding carboxylic acids is 1. The summed E-state index contributed by atoms with van der Waals surface area (Å²) >= 11 is 6.23. The van der Waals surface area contributed by atoms with Crippen molar-refractivity contribution in [1.29, 1.82) is 0 Å². The lowest BCUT2D eigenvalue weighted by molar-refractivity contribution is 0.0739. The maximum absolute atomic E-state index is 12.9. The predicted molar refractivity (Wildman–Crippen MR) is 98.7 cm³/mol. The van der Waals surface area contributed by atoms with E-state index in [0.29, 0.717) is 40.7 Å². The molecule has 0 atom stereocenters. The molecule has 5 nitrogen and oxygen atoms in total. The van der Waals surface area contributed by atoms with Gasteiger partial charge in [-0.3, -0.25) is 4.79 Å². The van der Waals surface area contributed by atoms with Crippen LogP contribution in [0.1, 0.15) is 30.0 Å². The standard InChI is InChI=1S/C17H22ClN3O2.ClH/c1-11-14(16(22)21(4)10-17(2,3)9-19)15(20-23-11)12-7-5-6-8-13(12)18;/h5-8H,9-10,19H2,1-4H3;1H. The summed E-state index contributed by atoms with van der Waals surface area (Å²) in [7, 11) is 1.75. The average Bonchev–Trinajstić information content (AvgIpc) is 2.88. The number of nitrogens with zero attached hydrogens (tertiary/aromatic N) is 2. The zero-order chi connectivity index (χ0) is 17.2. The van der Waals surface area contributed by atoms with Crippen LogP contribution in [0.2, 0.25) is 5.02 Å². The molecule has 7 heteroatoms. The summed E-state index contributed by atoms with van der Waals surface area (Å²) < 4.78 is 5.25. The molecule has 132 valence electrons. The van der Waals surface area contributed by atoms with Crippen molar-refractivity contribution in [2.45, 2.75) is 20.8 Å². The van der Waals surface area contributed by atoms with Crippen LogP contribution in [-0.4, -0.2) is 36.1 Å². The minimum absolute atomic E-state index is 0. The van der Waals surface area contributed by atoms with Crippen LogP contribution in [0, 0.1) is 12.3 Å². The van der Waals surface area contributed by atoms with Crippen molar-refractivity contribution in [2.75, 3.05) is 20.1 Å². The number of carbonyl (C=O) groups is 1. The van der Waals surface area contributed by atoms with Gasteiger partial charge in [0.1, 0.15) is 17.0 Å². The van der Waals surface area contributed by atoms with Gasteiger partial charge in [-0.15, -0.1) is 12.4 Å². The van der Waals surface area contributed by atoms with Gasteiger partial charge in [-0.1, -0.05) is 48.8 Å². The lowest BCUT2D eigenvalue weighted by Gasteiger charge is -2.29. The van der Waals surface area contributed by atoms with Crippen molar-refractivity contribution in [2.24, 2.45) is 11.1 Å². The van der Waals surface area contributed by atoms with Crippen LogP contribution in [0.5, 0.6) is 0 Å². The van der Waals surface area contributed by atoms with Crippen LogP contribution < -0.4 is 5.73 Å². The molecule has 0 unspecified atom stereocenters. The Morgan fingerprint density at radius 2 is 2.00 bits per heavy atom. The van der Waals surface area contributed by atoms with Crippen LogP contribution in [0.25, 0.3) is 11.3 Å². The first-order valence-corrected chi connectivity index (χ1v) is 7.81. The third-order valence-corrected chi connectivity index (χ3v) is 4.10. The fourth-order valence-corrected chi connectivity index (χ4v) is 2.66. The number of halogens is 2. The van der Waals surface area contributed by atoms with Gasteiger partial charge < -0.3 is 15.2 Å². The molecule has 1 heterocycles. The van der Waals surface area contributed by atoms with Gasteiger partial charge in [0.2, 0.25) is 0 Å². The lowest BCUT2D eigenvalue weighted by atomic mass is 9.93. The summed E-state index contributed by atoms with van der Waals surface area (Å²) in [5, 5.41) is 4.56. The summed E-state index contributed by atoms with van der Waals surface area (Å²) in [6, 6.07) is 7.26. The second-order valence-electron chi connectivity index (χ2n) is 6.47. The van der Waals surface area contributed by atoms with E-state index in [0.717, 1.165) is 0 Å². The van der Waals surface area contributed by atoms with Gasteiger partial charge in [0.05, 0.1) is 5.02 Å². The summed E-state index contributed by atoms with van der Waals surface area (Å²) in [6.45, 7) is 6.79. The van der Waals surface area contributed by atoms with Crippen LogP contribution in [0.3, 0.4) is 0 Å². The van der Waals surface area contributed by atoms with E-state index in [-0.39, 0.29) is 23.7 Å². The van der Waals surface area contributed by atoms with Crippen LogP contribution >= 0.6 is 24.0 Å². The highest BCUT2D eigenvalue weighted by atomic mass is 35.5. The number of aryl methyl sites for hydroxylation is 1. The Balaban J connectivity index is 0.00000288. The predicted octanol–water partition coefficient (Wildman–Crippen LogP) is 3.78. The molecule has 1 amide bonds. The number of amides is 1. The molecular formula is C17H23Cl2N3O2. The van der Waals surface area contributed by atoms with E-state index < -0.39 is 0 Å². The first-order valence-electron chi connectivity index (χ1n) is 7.43. The Morgan fingerprint density at radius 1 is 1.38 bits per heavy atom. The quantitative estimate of drug-likeness (QED) is 0.867. The third-order valence-electron chi connectivity index (χ3n) is 3.77. The van der Waals surface area contributed by atoms with Gasteiger partial charge in [0.25, 0.3) is 5.91 Å². The lowest BCUT2D eigenvalue weighted by Crippen LogP contribution is -2.40. The van der Waals surface area contributed by atoms with Crippen LogP contribution in [0.15, 0.2) is 28.8 Å². The molecule has 2 rings (SSSR count). The van der Waals surface area contributed by atoms with E-state index in [1.807, 2.05) is 32.0 Å². The van der Waals surface area contributed by atoms with E-state index in [9.17, 15) is 4.79 Å². The Labute approximate surface area is 153 Å². The zero-order valence-electron chi connectivity index (χ0n) is 14.3. The van der Waals surface area contributed by atoms with Crippen molar-refractivity contribution in [3.63, 3.8) is 0 Å². The molecule has 0 aliphatic carbocycles. The van der Waals surface area contributed by atoms with E-state index in [1.54, 1.807) is 24.9 Å². The Bertz CT molecular complexity index is 714. The molecule has 0 radical (unpaired) electrons. The second-order valence-corrected chi connectivity index (χ2v) is 6.88. The largest absolute Gasteiger partial charge is 0.360 e. The summed E-state index contributed by atoms with van der Waals surface area (Å²) in [5.74, 6) is 0.322. The van der Waals surface area contributed by atoms with Gasteiger partial charge in [-0.2, -0.15) is 0 Å². The van der Waals surface area contributed by atoms with E-state index in [4.69, 9.17) is 21.9 Å². The first kappa shape index (κ1) is 20.5. The number of hydrogen-bond donors (Lipinski definition) is 1. The molecule has 0 saturated carbocycles. The first-order chi connectivity index (χ1) is 10.8. The second kappa shape index (κ2) is 8.01. The van der Waals surface area contributed by atoms with Crippen molar-refractivity contribution < 1.29 is 9.32 Å². The summed E-state index contributed by atoms with van der Waals surface area (Å²) in [4.78, 5) is 14.5. The molecule has 0 saturated heterocycles. The molecule has 0 fully saturated rings. The summed E-state index contributed by atoms with van der Waals surface area (Å²) in [6.07, 6.45) is 0. The fourth-order valence-electron chi connectivity index (χ4n) is 2.43. The number of nitrogens with two attached hydrogens (primary N) is 1. The van der Waals surface area contributed by atoms with Crippen LogP contribution in [0.4, 0.5) is 0 Å². The fraction of sp³-hybridized carbons (Fsp3) is 0.412. The minimum atomic E-state index is -0.167. The van der Waals surface area contributed by atoms with Crippen LogP contribution in [-0.2, 0) is 0 Å². The van der Waals surface area contributed by atoms with Crippen molar-refractivity contribution in [3.8, 4) is 11.3 Å². The maximum atomic E-state index is 12.9. The Morgan fingerprint density at radius 3 is 2.58 bits per heavy atom. The molecule has 1 aromatic carbocycles. The smallest absolute Gasteiger partial charge is 0.259 e. The topological polar surface area (TPSA) is 72.4 Å². The maximum Gasteiger partial charge on any atom is 0.259 e. The highest BCUT2D eigenvalue weighted by Crippen LogP contribution is 2.32. The molecule has 1 aromatic heterocycles. The minimum Gasteiger partial charge on any atom is -0.360 e. The number of rotatable bonds is 5. The van der Waals surface area contributed by atoms with Gasteiger partial charge in [-0.25, -0.2) is 0 Å². The molecular weight excluding hydrogens is 349 g/mol. The molecule has 0 aliphatic heterocycles. The average molecular weight is 372 g/mol. The molecule has 2 N–H and O–H groups in total. The highest BCUT2D eigenvalue weighted by Gasteiger charge is 2.28. The molecule has 0 bridgehead atoms. The number of benzene rings is 1.